The van der Waals surface area contributed by atoms with E-state index in [1.807, 2.05) is 48.9 Å². The fourth-order valence-electron chi connectivity index (χ4n) is 3.69. The Morgan fingerprint density at radius 3 is 2.69 bits per heavy atom. The minimum Gasteiger partial charge on any atom is -0.326 e. The van der Waals surface area contributed by atoms with E-state index in [4.69, 9.17) is 0 Å². The van der Waals surface area contributed by atoms with Crippen LogP contribution in [0.5, 0.6) is 0 Å². The summed E-state index contributed by atoms with van der Waals surface area (Å²) < 4.78 is 1.91. The summed E-state index contributed by atoms with van der Waals surface area (Å²) in [6.45, 7) is 8.35. The van der Waals surface area contributed by atoms with Crippen molar-refractivity contribution in [2.24, 2.45) is 11.8 Å². The van der Waals surface area contributed by atoms with Crippen LogP contribution in [0.25, 0.3) is 5.69 Å². The van der Waals surface area contributed by atoms with E-state index in [0.29, 0.717) is 18.3 Å². The maximum atomic E-state index is 12.4. The molecule has 0 aliphatic carbocycles. The van der Waals surface area contributed by atoms with Gasteiger partial charge in [-0.1, -0.05) is 13.0 Å². The molecule has 1 fully saturated rings. The normalized spacial score (nSPS) is 16.0. The number of halogens is 1. The molecule has 1 amide bonds. The van der Waals surface area contributed by atoms with Gasteiger partial charge in [0.05, 0.1) is 11.4 Å². The van der Waals surface area contributed by atoms with Crippen LogP contribution in [0.4, 0.5) is 5.69 Å². The number of anilines is 1. The number of hydrogen-bond donors (Lipinski definition) is 2. The molecule has 142 valence electrons. The molecule has 1 aromatic heterocycles. The zero-order chi connectivity index (χ0) is 17.8. The molecule has 6 heteroatoms. The summed E-state index contributed by atoms with van der Waals surface area (Å²) in [6.07, 6.45) is 2.92. The van der Waals surface area contributed by atoms with E-state index in [9.17, 15) is 4.79 Å². The zero-order valence-corrected chi connectivity index (χ0v) is 16.6. The van der Waals surface area contributed by atoms with E-state index in [1.165, 1.54) is 12.8 Å². The number of benzene rings is 1. The average Bonchev–Trinajstić information content (AvgIpc) is 2.94. The molecule has 26 heavy (non-hydrogen) atoms. The Morgan fingerprint density at radius 1 is 1.31 bits per heavy atom. The fraction of sp³-hybridized carbons (Fsp3) is 0.500. The fourth-order valence-corrected chi connectivity index (χ4v) is 3.69. The first-order valence-corrected chi connectivity index (χ1v) is 9.17. The molecule has 0 saturated carbocycles. The molecular weight excluding hydrogens is 348 g/mol. The number of carbonyl (C=O) groups is 1. The van der Waals surface area contributed by atoms with Crippen molar-refractivity contribution in [2.75, 3.05) is 18.4 Å². The van der Waals surface area contributed by atoms with E-state index in [2.05, 4.69) is 22.7 Å². The summed E-state index contributed by atoms with van der Waals surface area (Å²) in [5.41, 5.74) is 3.87. The van der Waals surface area contributed by atoms with Gasteiger partial charge in [0.15, 0.2) is 0 Å². The van der Waals surface area contributed by atoms with Crippen molar-refractivity contribution in [3.63, 3.8) is 0 Å². The highest BCUT2D eigenvalue weighted by Crippen LogP contribution is 2.25. The van der Waals surface area contributed by atoms with Gasteiger partial charge in [0.25, 0.3) is 0 Å². The maximum Gasteiger partial charge on any atom is 0.224 e. The van der Waals surface area contributed by atoms with Gasteiger partial charge in [-0.05, 0) is 75.9 Å². The van der Waals surface area contributed by atoms with E-state index in [-0.39, 0.29) is 18.3 Å². The number of rotatable bonds is 5. The largest absolute Gasteiger partial charge is 0.326 e. The molecule has 0 radical (unpaired) electrons. The summed E-state index contributed by atoms with van der Waals surface area (Å²) in [7, 11) is 0. The predicted molar refractivity (Wildman–Crippen MR) is 108 cm³/mol. The Hall–Kier alpha value is -1.85. The quantitative estimate of drug-likeness (QED) is 0.832. The van der Waals surface area contributed by atoms with Gasteiger partial charge in [-0.15, -0.1) is 12.4 Å². The topological polar surface area (TPSA) is 59.0 Å². The highest BCUT2D eigenvalue weighted by atomic mass is 35.5. The molecule has 1 atom stereocenters. The summed E-state index contributed by atoms with van der Waals surface area (Å²) >= 11 is 0. The van der Waals surface area contributed by atoms with Crippen LogP contribution in [0.2, 0.25) is 0 Å². The second kappa shape index (κ2) is 9.19. The van der Waals surface area contributed by atoms with E-state index < -0.39 is 0 Å². The summed E-state index contributed by atoms with van der Waals surface area (Å²) in [6, 6.07) is 9.92. The molecule has 1 aromatic carbocycles. The molecule has 0 spiro atoms. The maximum absolute atomic E-state index is 12.4. The van der Waals surface area contributed by atoms with Crippen molar-refractivity contribution >= 4 is 24.0 Å². The van der Waals surface area contributed by atoms with Crippen molar-refractivity contribution in [3.05, 3.63) is 41.7 Å². The first kappa shape index (κ1) is 20.5. The first-order chi connectivity index (χ1) is 12.0. The lowest BCUT2D eigenvalue weighted by Gasteiger charge is -2.27. The lowest BCUT2D eigenvalue weighted by Crippen LogP contribution is -2.32. The molecule has 1 unspecified atom stereocenters. The van der Waals surface area contributed by atoms with Gasteiger partial charge >= 0.3 is 0 Å². The van der Waals surface area contributed by atoms with Gasteiger partial charge in [0.2, 0.25) is 5.91 Å². The van der Waals surface area contributed by atoms with Gasteiger partial charge in [-0.3, -0.25) is 4.79 Å². The number of aromatic nitrogens is 2. The molecule has 0 bridgehead atoms. The first-order valence-electron chi connectivity index (χ1n) is 9.17. The van der Waals surface area contributed by atoms with Crippen LogP contribution in [0.3, 0.4) is 0 Å². The van der Waals surface area contributed by atoms with E-state index in [0.717, 1.165) is 35.9 Å². The predicted octanol–water partition coefficient (Wildman–Crippen LogP) is 3.88. The Morgan fingerprint density at radius 2 is 2.04 bits per heavy atom. The average molecular weight is 377 g/mol. The van der Waals surface area contributed by atoms with Crippen LogP contribution in [0.15, 0.2) is 30.3 Å². The number of hydrogen-bond acceptors (Lipinski definition) is 3. The minimum absolute atomic E-state index is 0. The van der Waals surface area contributed by atoms with Gasteiger partial charge in [-0.25, -0.2) is 4.68 Å². The molecule has 1 aliphatic rings. The molecule has 2 heterocycles. The van der Waals surface area contributed by atoms with E-state index >= 15 is 0 Å². The molecule has 5 nitrogen and oxygen atoms in total. The van der Waals surface area contributed by atoms with Crippen molar-refractivity contribution in [1.29, 1.82) is 0 Å². The van der Waals surface area contributed by atoms with Crippen LogP contribution >= 0.6 is 12.4 Å². The lowest BCUT2D eigenvalue weighted by molar-refractivity contribution is -0.117. The standard InChI is InChI=1S/C20H28N4O.ClH/c1-14(17-7-9-21-10-8-17)11-20(25)22-18-5-4-6-19(13-18)24-16(3)12-15(2)23-24;/h4-6,12-14,17,21H,7-11H2,1-3H3,(H,22,25);1H. The number of nitrogens with one attached hydrogen (secondary N) is 2. The number of nitrogens with zero attached hydrogens (tertiary/aromatic N) is 2. The number of amides is 1. The van der Waals surface area contributed by atoms with Crippen LogP contribution in [-0.2, 0) is 4.79 Å². The summed E-state index contributed by atoms with van der Waals surface area (Å²) in [4.78, 5) is 12.4. The van der Waals surface area contributed by atoms with Crippen LogP contribution in [0, 0.1) is 25.7 Å². The Kier molecular flexibility index (Phi) is 7.23. The molecule has 1 aliphatic heterocycles. The molecular formula is C20H29ClN4O. The van der Waals surface area contributed by atoms with Gasteiger partial charge < -0.3 is 10.6 Å². The SMILES string of the molecule is Cc1cc(C)n(-c2cccc(NC(=O)CC(C)C3CCNCC3)c2)n1.Cl. The van der Waals surface area contributed by atoms with Gasteiger partial charge in [0, 0.05) is 17.8 Å². The molecule has 2 aromatic rings. The molecule has 2 N–H and O–H groups in total. The van der Waals surface area contributed by atoms with Crippen molar-refractivity contribution < 1.29 is 4.79 Å². The number of aryl methyl sites for hydroxylation is 2. The number of piperidine rings is 1. The third-order valence-corrected chi connectivity index (χ3v) is 5.08. The van der Waals surface area contributed by atoms with Crippen LogP contribution in [0.1, 0.15) is 37.6 Å². The third-order valence-electron chi connectivity index (χ3n) is 5.08. The van der Waals surface area contributed by atoms with E-state index in [1.54, 1.807) is 0 Å². The van der Waals surface area contributed by atoms with Crippen molar-refractivity contribution in [3.8, 4) is 5.69 Å². The highest BCUT2D eigenvalue weighted by molar-refractivity contribution is 5.91. The van der Waals surface area contributed by atoms with Gasteiger partial charge in [-0.2, -0.15) is 5.10 Å². The Bertz CT molecular complexity index is 737. The highest BCUT2D eigenvalue weighted by Gasteiger charge is 2.22. The third kappa shape index (κ3) is 5.08. The Labute approximate surface area is 162 Å². The lowest BCUT2D eigenvalue weighted by atomic mass is 9.84. The summed E-state index contributed by atoms with van der Waals surface area (Å²) in [5.74, 6) is 1.16. The second-order valence-electron chi connectivity index (χ2n) is 7.21. The molecule has 3 rings (SSSR count). The van der Waals surface area contributed by atoms with Crippen molar-refractivity contribution in [2.45, 2.75) is 40.0 Å². The van der Waals surface area contributed by atoms with Crippen LogP contribution in [-0.4, -0.2) is 28.8 Å². The van der Waals surface area contributed by atoms with Crippen molar-refractivity contribution in [1.82, 2.24) is 15.1 Å². The second-order valence-corrected chi connectivity index (χ2v) is 7.21. The smallest absolute Gasteiger partial charge is 0.224 e. The monoisotopic (exact) mass is 376 g/mol. The summed E-state index contributed by atoms with van der Waals surface area (Å²) in [5, 5.41) is 10.9. The number of carbonyl (C=O) groups excluding carboxylic acids is 1. The van der Waals surface area contributed by atoms with Gasteiger partial charge in [0.1, 0.15) is 0 Å². The molecule has 1 saturated heterocycles. The Balaban J connectivity index is 0.00000243. The van der Waals surface area contributed by atoms with Crippen LogP contribution < -0.4 is 10.6 Å². The zero-order valence-electron chi connectivity index (χ0n) is 15.8. The minimum atomic E-state index is 0.